The average molecular weight is 367 g/mol. The molecular weight excluding hydrogens is 334 g/mol. The first-order chi connectivity index (χ1) is 12.2. The zero-order valence-electron chi connectivity index (χ0n) is 16.5. The first-order valence-electron chi connectivity index (χ1n) is 9.79. The van der Waals surface area contributed by atoms with E-state index in [-0.39, 0.29) is 42.2 Å². The van der Waals surface area contributed by atoms with Gasteiger partial charge in [-0.2, -0.15) is 0 Å². The summed E-state index contributed by atoms with van der Waals surface area (Å²) in [6, 6.07) is 0. The third-order valence-corrected chi connectivity index (χ3v) is 6.23. The van der Waals surface area contributed by atoms with Crippen LogP contribution in [0.5, 0.6) is 0 Å². The number of hydrogen-bond acceptors (Lipinski definition) is 5. The van der Waals surface area contributed by atoms with Crippen LogP contribution in [-0.4, -0.2) is 36.6 Å². The molecule has 2 aliphatic rings. The molecule has 2 saturated carbocycles. The summed E-state index contributed by atoms with van der Waals surface area (Å²) >= 11 is 0. The molecule has 2 rings (SSSR count). The minimum atomic E-state index is -0.464. The van der Waals surface area contributed by atoms with E-state index in [1.54, 1.807) is 0 Å². The van der Waals surface area contributed by atoms with Gasteiger partial charge in [-0.05, 0) is 31.1 Å². The van der Waals surface area contributed by atoms with Crippen molar-refractivity contribution < 1.29 is 23.9 Å². The molecule has 0 aromatic heterocycles. The Morgan fingerprint density at radius 2 is 1.54 bits per heavy atom. The predicted octanol–water partition coefficient (Wildman–Crippen LogP) is 2.84. The van der Waals surface area contributed by atoms with E-state index < -0.39 is 5.54 Å². The van der Waals surface area contributed by atoms with E-state index in [0.717, 1.165) is 19.3 Å². The number of carbonyl (C=O) groups is 3. The van der Waals surface area contributed by atoms with Crippen LogP contribution in [0.2, 0.25) is 0 Å². The van der Waals surface area contributed by atoms with Crippen LogP contribution in [0.3, 0.4) is 0 Å². The molecule has 0 radical (unpaired) electrons. The number of ether oxygens (including phenoxy) is 2. The van der Waals surface area contributed by atoms with E-state index in [9.17, 15) is 14.4 Å². The quantitative estimate of drug-likeness (QED) is 0.730. The highest BCUT2D eigenvalue weighted by Gasteiger charge is 2.55. The lowest BCUT2D eigenvalue weighted by atomic mass is 9.68. The fraction of sp³-hybridized carbons (Fsp3) is 0.850. The largest absolute Gasteiger partial charge is 0.466 e. The van der Waals surface area contributed by atoms with Crippen LogP contribution in [0.4, 0.5) is 0 Å². The Bertz CT molecular complexity index is 528. The molecule has 0 heterocycles. The molecule has 0 bridgehead atoms. The summed E-state index contributed by atoms with van der Waals surface area (Å²) in [5.41, 5.74) is -0.464. The third kappa shape index (κ3) is 4.98. The molecule has 0 unspecified atom stereocenters. The lowest BCUT2D eigenvalue weighted by molar-refractivity contribution is -0.144. The Morgan fingerprint density at radius 1 is 0.962 bits per heavy atom. The molecular formula is C20H33NO5. The van der Waals surface area contributed by atoms with E-state index >= 15 is 0 Å². The molecule has 148 valence electrons. The van der Waals surface area contributed by atoms with Gasteiger partial charge in [0.1, 0.15) is 0 Å². The smallest absolute Gasteiger partial charge is 0.302 e. The maximum absolute atomic E-state index is 12.0. The number of esters is 2. The third-order valence-electron chi connectivity index (χ3n) is 6.23. The van der Waals surface area contributed by atoms with Crippen molar-refractivity contribution in [3.05, 3.63) is 0 Å². The fourth-order valence-electron chi connectivity index (χ4n) is 5.31. The highest BCUT2D eigenvalue weighted by molar-refractivity contribution is 5.74. The van der Waals surface area contributed by atoms with E-state index in [2.05, 4.69) is 12.2 Å². The summed E-state index contributed by atoms with van der Waals surface area (Å²) in [6.45, 7) is 7.09. The molecule has 0 saturated heterocycles. The first kappa shape index (κ1) is 20.7. The molecule has 0 spiro atoms. The number of hydrogen-bond donors (Lipinski definition) is 1. The molecule has 2 aliphatic carbocycles. The molecule has 6 nitrogen and oxygen atoms in total. The van der Waals surface area contributed by atoms with Gasteiger partial charge in [0.15, 0.2) is 0 Å². The van der Waals surface area contributed by atoms with Crippen molar-refractivity contribution in [2.24, 2.45) is 23.7 Å². The lowest BCUT2D eigenvalue weighted by Crippen LogP contribution is -2.56. The summed E-state index contributed by atoms with van der Waals surface area (Å²) in [7, 11) is 0. The maximum Gasteiger partial charge on any atom is 0.302 e. The Balaban J connectivity index is 2.29. The Kier molecular flexibility index (Phi) is 7.07. The number of rotatable bonds is 6. The van der Waals surface area contributed by atoms with Gasteiger partial charge in [0.05, 0.1) is 13.2 Å². The van der Waals surface area contributed by atoms with Crippen molar-refractivity contribution in [1.82, 2.24) is 5.32 Å². The molecule has 1 amide bonds. The van der Waals surface area contributed by atoms with Crippen molar-refractivity contribution in [1.29, 1.82) is 0 Å². The van der Waals surface area contributed by atoms with Crippen molar-refractivity contribution in [2.45, 2.75) is 71.8 Å². The summed E-state index contributed by atoms with van der Waals surface area (Å²) in [6.07, 6.45) is 6.70. The normalized spacial score (nSPS) is 32.1. The van der Waals surface area contributed by atoms with Crippen LogP contribution in [0.15, 0.2) is 0 Å². The van der Waals surface area contributed by atoms with Crippen LogP contribution in [0.1, 0.15) is 66.2 Å². The molecule has 0 aromatic rings. The fourth-order valence-corrected chi connectivity index (χ4v) is 5.31. The van der Waals surface area contributed by atoms with Gasteiger partial charge in [-0.15, -0.1) is 0 Å². The van der Waals surface area contributed by atoms with Crippen molar-refractivity contribution in [3.8, 4) is 0 Å². The van der Waals surface area contributed by atoms with E-state index in [1.165, 1.54) is 40.0 Å². The Morgan fingerprint density at radius 3 is 2.08 bits per heavy atom. The second-order valence-corrected chi connectivity index (χ2v) is 8.19. The summed E-state index contributed by atoms with van der Waals surface area (Å²) < 4.78 is 10.7. The SMILES string of the molecule is CC(=O)N[C@@]1(C)[C@@H](COC(C)=O)C[C@@H](COC(C)=O)[C@@H]1C1CCCCC1. The van der Waals surface area contributed by atoms with Crippen LogP contribution in [0.25, 0.3) is 0 Å². The molecule has 0 aliphatic heterocycles. The topological polar surface area (TPSA) is 81.7 Å². The van der Waals surface area contributed by atoms with Gasteiger partial charge >= 0.3 is 11.9 Å². The molecule has 2 fully saturated rings. The zero-order chi connectivity index (χ0) is 19.3. The maximum atomic E-state index is 12.0. The zero-order valence-corrected chi connectivity index (χ0v) is 16.5. The number of nitrogens with one attached hydrogen (secondary N) is 1. The first-order valence-corrected chi connectivity index (χ1v) is 9.79. The number of carbonyl (C=O) groups excluding carboxylic acids is 3. The second kappa shape index (κ2) is 8.87. The van der Waals surface area contributed by atoms with Gasteiger partial charge in [-0.25, -0.2) is 0 Å². The van der Waals surface area contributed by atoms with E-state index in [4.69, 9.17) is 9.47 Å². The van der Waals surface area contributed by atoms with Gasteiger partial charge in [0.25, 0.3) is 0 Å². The average Bonchev–Trinajstić information content (AvgIpc) is 2.82. The highest BCUT2D eigenvalue weighted by Crippen LogP contribution is 2.51. The number of amides is 1. The van der Waals surface area contributed by atoms with Crippen molar-refractivity contribution >= 4 is 17.8 Å². The van der Waals surface area contributed by atoms with Gasteiger partial charge < -0.3 is 14.8 Å². The minimum absolute atomic E-state index is 0.0165. The lowest BCUT2D eigenvalue weighted by Gasteiger charge is -2.43. The molecule has 26 heavy (non-hydrogen) atoms. The minimum Gasteiger partial charge on any atom is -0.466 e. The van der Waals surface area contributed by atoms with Crippen LogP contribution in [0, 0.1) is 23.7 Å². The summed E-state index contributed by atoms with van der Waals surface area (Å²) in [4.78, 5) is 34.7. The predicted molar refractivity (Wildman–Crippen MR) is 97.1 cm³/mol. The van der Waals surface area contributed by atoms with Crippen LogP contribution in [-0.2, 0) is 23.9 Å². The summed E-state index contributed by atoms with van der Waals surface area (Å²) in [5, 5.41) is 3.19. The highest BCUT2D eigenvalue weighted by atomic mass is 16.5. The standard InChI is InChI=1S/C20H33NO5/c1-13(22)21-20(4)18(12-26-15(3)24)10-17(11-25-14(2)23)19(20)16-8-6-5-7-9-16/h16-19H,5-12H2,1-4H3,(H,21,22)/t17-,18+,19-,20-/m0/s1. The van der Waals surface area contributed by atoms with E-state index in [0.29, 0.717) is 12.5 Å². The van der Waals surface area contributed by atoms with Crippen molar-refractivity contribution in [2.75, 3.05) is 13.2 Å². The molecule has 4 atom stereocenters. The van der Waals surface area contributed by atoms with Gasteiger partial charge in [-0.1, -0.05) is 32.1 Å². The van der Waals surface area contributed by atoms with Gasteiger partial charge in [0, 0.05) is 32.2 Å². The van der Waals surface area contributed by atoms with E-state index in [1.807, 2.05) is 0 Å². The van der Waals surface area contributed by atoms with Crippen LogP contribution >= 0.6 is 0 Å². The van der Waals surface area contributed by atoms with Gasteiger partial charge in [0.2, 0.25) is 5.91 Å². The van der Waals surface area contributed by atoms with Gasteiger partial charge in [-0.3, -0.25) is 14.4 Å². The monoisotopic (exact) mass is 367 g/mol. The molecule has 1 N–H and O–H groups in total. The Hall–Kier alpha value is -1.59. The second-order valence-electron chi connectivity index (χ2n) is 8.19. The molecule has 0 aromatic carbocycles. The van der Waals surface area contributed by atoms with Crippen LogP contribution < -0.4 is 5.32 Å². The molecule has 6 heteroatoms. The Labute approximate surface area is 156 Å². The summed E-state index contributed by atoms with van der Waals surface area (Å²) in [5.74, 6) is 0.219. The van der Waals surface area contributed by atoms with Crippen molar-refractivity contribution in [3.63, 3.8) is 0 Å².